The zero-order chi connectivity index (χ0) is 7.56. The lowest BCUT2D eigenvalue weighted by Gasteiger charge is -1.88. The standard InChI is InChI=1S/C6H10N4/c1-4(7)5-3-6(8-2)10-9-5/h3H,1,7H2,2H3,(H2,8,9,10). The van der Waals surface area contributed by atoms with E-state index in [9.17, 15) is 0 Å². The van der Waals surface area contributed by atoms with E-state index in [4.69, 9.17) is 5.73 Å². The molecule has 0 unspecified atom stereocenters. The van der Waals surface area contributed by atoms with Crippen LogP contribution in [0, 0.1) is 0 Å². The highest BCUT2D eigenvalue weighted by atomic mass is 15.2. The van der Waals surface area contributed by atoms with Crippen LogP contribution in [0.15, 0.2) is 12.6 Å². The molecular weight excluding hydrogens is 128 g/mol. The van der Waals surface area contributed by atoms with Crippen LogP contribution in [0.2, 0.25) is 0 Å². The van der Waals surface area contributed by atoms with Crippen molar-refractivity contribution in [1.29, 1.82) is 0 Å². The van der Waals surface area contributed by atoms with Gasteiger partial charge in [0.25, 0.3) is 0 Å². The van der Waals surface area contributed by atoms with Crippen LogP contribution in [0.5, 0.6) is 0 Å². The smallest absolute Gasteiger partial charge is 0.148 e. The topological polar surface area (TPSA) is 66.7 Å². The zero-order valence-corrected chi connectivity index (χ0v) is 5.81. The number of nitrogens with zero attached hydrogens (tertiary/aromatic N) is 1. The summed E-state index contributed by atoms with van der Waals surface area (Å²) < 4.78 is 0. The molecule has 0 bridgehead atoms. The minimum Gasteiger partial charge on any atom is -0.397 e. The number of nitrogens with one attached hydrogen (secondary N) is 2. The zero-order valence-electron chi connectivity index (χ0n) is 5.81. The fourth-order valence-corrected chi connectivity index (χ4v) is 0.614. The lowest BCUT2D eigenvalue weighted by Crippen LogP contribution is -1.93. The first-order valence-electron chi connectivity index (χ1n) is 2.92. The Bertz CT molecular complexity index is 238. The summed E-state index contributed by atoms with van der Waals surface area (Å²) in [4.78, 5) is 0. The molecule has 4 N–H and O–H groups in total. The van der Waals surface area contributed by atoms with Crippen molar-refractivity contribution in [2.75, 3.05) is 12.4 Å². The third kappa shape index (κ3) is 1.10. The average molecular weight is 138 g/mol. The van der Waals surface area contributed by atoms with Gasteiger partial charge in [-0.1, -0.05) is 6.58 Å². The monoisotopic (exact) mass is 138 g/mol. The summed E-state index contributed by atoms with van der Waals surface area (Å²) in [7, 11) is 1.79. The van der Waals surface area contributed by atoms with Gasteiger partial charge in [0.15, 0.2) is 0 Å². The molecule has 1 aromatic rings. The Hall–Kier alpha value is -1.45. The van der Waals surface area contributed by atoms with Gasteiger partial charge in [-0.05, 0) is 0 Å². The van der Waals surface area contributed by atoms with Crippen LogP contribution in [-0.2, 0) is 0 Å². The second-order valence-electron chi connectivity index (χ2n) is 1.94. The highest BCUT2D eigenvalue weighted by Gasteiger charge is 1.97. The Morgan fingerprint density at radius 1 is 1.90 bits per heavy atom. The van der Waals surface area contributed by atoms with E-state index in [2.05, 4.69) is 22.1 Å². The first-order chi connectivity index (χ1) is 4.74. The van der Waals surface area contributed by atoms with Crippen LogP contribution in [0.25, 0.3) is 5.70 Å². The molecule has 0 fully saturated rings. The maximum Gasteiger partial charge on any atom is 0.148 e. The van der Waals surface area contributed by atoms with Crippen LogP contribution in [-0.4, -0.2) is 17.2 Å². The SMILES string of the molecule is C=C(N)c1cc(NC)n[nH]1. The maximum atomic E-state index is 5.39. The quantitative estimate of drug-likeness (QED) is 0.553. The molecule has 0 spiro atoms. The van der Waals surface area contributed by atoms with Crippen LogP contribution >= 0.6 is 0 Å². The number of aromatic amines is 1. The van der Waals surface area contributed by atoms with Gasteiger partial charge in [0.05, 0.1) is 5.69 Å². The van der Waals surface area contributed by atoms with Crippen molar-refractivity contribution in [3.05, 3.63) is 18.3 Å². The predicted octanol–water partition coefficient (Wildman–Crippen LogP) is 0.381. The summed E-state index contributed by atoms with van der Waals surface area (Å²) in [6.07, 6.45) is 0. The van der Waals surface area contributed by atoms with Gasteiger partial charge in [0.2, 0.25) is 0 Å². The summed E-state index contributed by atoms with van der Waals surface area (Å²) in [6, 6.07) is 1.79. The highest BCUT2D eigenvalue weighted by molar-refractivity contribution is 5.59. The van der Waals surface area contributed by atoms with Crippen molar-refractivity contribution in [1.82, 2.24) is 10.2 Å². The highest BCUT2D eigenvalue weighted by Crippen LogP contribution is 2.07. The van der Waals surface area contributed by atoms with E-state index in [0.29, 0.717) is 5.70 Å². The minimum absolute atomic E-state index is 0.494. The van der Waals surface area contributed by atoms with E-state index < -0.39 is 0 Å². The van der Waals surface area contributed by atoms with Crippen LogP contribution < -0.4 is 11.1 Å². The molecule has 1 rings (SSSR count). The van der Waals surface area contributed by atoms with E-state index in [1.807, 2.05) is 0 Å². The first kappa shape index (κ1) is 6.67. The van der Waals surface area contributed by atoms with Gasteiger partial charge in [0, 0.05) is 18.8 Å². The summed E-state index contributed by atoms with van der Waals surface area (Å²) >= 11 is 0. The van der Waals surface area contributed by atoms with Gasteiger partial charge in [-0.2, -0.15) is 5.10 Å². The Morgan fingerprint density at radius 3 is 2.90 bits per heavy atom. The number of hydrogen-bond donors (Lipinski definition) is 3. The van der Waals surface area contributed by atoms with Crippen molar-refractivity contribution in [2.45, 2.75) is 0 Å². The molecule has 54 valence electrons. The van der Waals surface area contributed by atoms with Gasteiger partial charge in [-0.15, -0.1) is 0 Å². The van der Waals surface area contributed by atoms with E-state index in [1.165, 1.54) is 0 Å². The largest absolute Gasteiger partial charge is 0.397 e. The molecule has 0 aliphatic carbocycles. The van der Waals surface area contributed by atoms with Crippen LogP contribution in [0.1, 0.15) is 5.69 Å². The summed E-state index contributed by atoms with van der Waals surface area (Å²) in [5, 5.41) is 9.46. The minimum atomic E-state index is 0.494. The number of aromatic nitrogens is 2. The van der Waals surface area contributed by atoms with E-state index in [1.54, 1.807) is 13.1 Å². The van der Waals surface area contributed by atoms with Gasteiger partial charge >= 0.3 is 0 Å². The van der Waals surface area contributed by atoms with Crippen molar-refractivity contribution in [3.63, 3.8) is 0 Å². The van der Waals surface area contributed by atoms with Crippen molar-refractivity contribution in [3.8, 4) is 0 Å². The first-order valence-corrected chi connectivity index (χ1v) is 2.92. The fraction of sp³-hybridized carbons (Fsp3) is 0.167. The molecule has 1 heterocycles. The van der Waals surface area contributed by atoms with E-state index >= 15 is 0 Å². The van der Waals surface area contributed by atoms with Gasteiger partial charge < -0.3 is 11.1 Å². The normalized spacial score (nSPS) is 9.30. The Morgan fingerprint density at radius 2 is 2.60 bits per heavy atom. The van der Waals surface area contributed by atoms with Crippen LogP contribution in [0.4, 0.5) is 5.82 Å². The molecule has 0 saturated carbocycles. The Kier molecular flexibility index (Phi) is 1.62. The summed E-state index contributed by atoms with van der Waals surface area (Å²) in [5.74, 6) is 0.765. The van der Waals surface area contributed by atoms with Gasteiger partial charge in [-0.3, -0.25) is 5.10 Å². The van der Waals surface area contributed by atoms with E-state index in [0.717, 1.165) is 11.5 Å². The fourth-order valence-electron chi connectivity index (χ4n) is 0.614. The number of rotatable bonds is 2. The summed E-state index contributed by atoms with van der Waals surface area (Å²) in [5.41, 5.74) is 6.64. The molecule has 0 aliphatic rings. The third-order valence-corrected chi connectivity index (χ3v) is 1.18. The molecule has 0 saturated heterocycles. The van der Waals surface area contributed by atoms with Crippen molar-refractivity contribution < 1.29 is 0 Å². The number of hydrogen-bond acceptors (Lipinski definition) is 3. The van der Waals surface area contributed by atoms with Gasteiger partial charge in [-0.25, -0.2) is 0 Å². The molecule has 0 atom stereocenters. The molecule has 4 heteroatoms. The number of anilines is 1. The molecule has 0 radical (unpaired) electrons. The lowest BCUT2D eigenvalue weighted by atomic mass is 10.3. The molecular formula is C6H10N4. The Balaban J connectivity index is 2.88. The summed E-state index contributed by atoms with van der Waals surface area (Å²) in [6.45, 7) is 3.55. The predicted molar refractivity (Wildman–Crippen MR) is 41.4 cm³/mol. The second kappa shape index (κ2) is 2.43. The second-order valence-corrected chi connectivity index (χ2v) is 1.94. The lowest BCUT2D eigenvalue weighted by molar-refractivity contribution is 1.07. The molecule has 0 amide bonds. The van der Waals surface area contributed by atoms with Crippen molar-refractivity contribution in [2.24, 2.45) is 5.73 Å². The molecule has 4 nitrogen and oxygen atoms in total. The molecule has 10 heavy (non-hydrogen) atoms. The van der Waals surface area contributed by atoms with E-state index in [-0.39, 0.29) is 0 Å². The maximum absolute atomic E-state index is 5.39. The Labute approximate surface area is 59.1 Å². The molecule has 1 aromatic heterocycles. The number of H-pyrrole nitrogens is 1. The number of nitrogens with two attached hydrogens (primary N) is 1. The van der Waals surface area contributed by atoms with Crippen LogP contribution in [0.3, 0.4) is 0 Å². The average Bonchev–Trinajstić information content (AvgIpc) is 2.34. The molecule has 0 aromatic carbocycles. The molecule has 0 aliphatic heterocycles. The van der Waals surface area contributed by atoms with Gasteiger partial charge in [0.1, 0.15) is 5.82 Å². The third-order valence-electron chi connectivity index (χ3n) is 1.18. The van der Waals surface area contributed by atoms with Crippen molar-refractivity contribution >= 4 is 11.5 Å².